The molecule has 1 heterocycles. The molecule has 10 aromatic rings. The first-order valence-electron chi connectivity index (χ1n) is 27.0. The first kappa shape index (κ1) is 46.3. The first-order chi connectivity index (χ1) is 35.5. The highest BCUT2D eigenvalue weighted by atomic mass is 32.1. The van der Waals surface area contributed by atoms with Gasteiger partial charge in [0.15, 0.2) is 8.07 Å². The summed E-state index contributed by atoms with van der Waals surface area (Å²) in [7, 11) is -2.58. The Morgan fingerprint density at radius 1 is 0.411 bits per heavy atom. The summed E-state index contributed by atoms with van der Waals surface area (Å²) in [5, 5.41) is 8.50. The molecule has 14 rings (SSSR count). The summed E-state index contributed by atoms with van der Waals surface area (Å²) in [5.74, 6) is 1.56. The Kier molecular flexibility index (Phi) is 11.3. The molecule has 0 aliphatic heterocycles. The zero-order chi connectivity index (χ0) is 49.6. The Labute approximate surface area is 439 Å². The Morgan fingerprint density at radius 3 is 1.27 bits per heavy atom. The highest BCUT2D eigenvalue weighted by molar-refractivity contribution is 7.26. The monoisotopic (exact) mass is 976 g/mol. The van der Waals surface area contributed by atoms with E-state index in [2.05, 4.69) is 242 Å². The maximum absolute atomic E-state index is 2.58. The third kappa shape index (κ3) is 7.67. The van der Waals surface area contributed by atoms with E-state index in [-0.39, 0.29) is 17.5 Å². The molecule has 2 atom stereocenters. The molecule has 1 aromatic heterocycles. The fourth-order valence-corrected chi connectivity index (χ4v) is 21.8. The van der Waals surface area contributed by atoms with Gasteiger partial charge in [-0.2, -0.15) is 0 Å². The van der Waals surface area contributed by atoms with Crippen molar-refractivity contribution in [1.29, 1.82) is 0 Å². The van der Waals surface area contributed by atoms with Crippen molar-refractivity contribution in [2.75, 3.05) is 0 Å². The molecule has 4 bridgehead atoms. The van der Waals surface area contributed by atoms with Crippen LogP contribution in [0.15, 0.2) is 200 Å². The van der Waals surface area contributed by atoms with E-state index in [1.165, 1.54) is 140 Å². The fraction of sp³-hybridized carbons (Fsp3) is 0.229. The lowest BCUT2D eigenvalue weighted by molar-refractivity contribution is -0.0281. The second kappa shape index (κ2) is 17.9. The molecular weight excluding hydrogens is 912 g/mol. The van der Waals surface area contributed by atoms with E-state index >= 15 is 0 Å². The molecule has 3 heteroatoms. The largest absolute Gasteiger partial charge is 0.242 e. The standard InChI is InChI=1S/C70H65BSSi/c1-46-34-48(3)67(49(4)35-46)71(68-50(5)36-47(2)37-51(68)6)58-29-33-66-64(40-58)63-39-55(24-32-65(63)72-66)54-22-25-56(26-23-54)69-41-52-38-53(42-69)44-70(43-52,45-69)57-27-30-62(31-28-57)73(59-16-10-7-11-17-59,60-18-12-8-13-19-60)61-20-14-9-15-21-61/h7-37,39-40,52-53H,38,41-45H2,1-6H3. The van der Waals surface area contributed by atoms with Gasteiger partial charge in [-0.1, -0.05) is 232 Å². The van der Waals surface area contributed by atoms with Crippen LogP contribution in [0.25, 0.3) is 31.3 Å². The van der Waals surface area contributed by atoms with Gasteiger partial charge >= 0.3 is 0 Å². The Hall–Kier alpha value is -6.52. The normalized spacial score (nSPS) is 20.2. The molecule has 4 saturated carbocycles. The molecule has 0 nitrogen and oxygen atoms in total. The van der Waals surface area contributed by atoms with E-state index in [4.69, 9.17) is 0 Å². The molecule has 2 unspecified atom stereocenters. The summed E-state index contributed by atoms with van der Waals surface area (Å²) in [6.07, 6.45) is 7.96. The van der Waals surface area contributed by atoms with Crippen LogP contribution in [-0.4, -0.2) is 14.8 Å². The van der Waals surface area contributed by atoms with Crippen LogP contribution in [0.1, 0.15) is 83.0 Å². The van der Waals surface area contributed by atoms with Crippen molar-refractivity contribution in [2.45, 2.75) is 90.9 Å². The average molecular weight is 977 g/mol. The smallest absolute Gasteiger partial charge is 0.135 e. The summed E-state index contributed by atoms with van der Waals surface area (Å²) in [5.41, 5.74) is 18.6. The summed E-state index contributed by atoms with van der Waals surface area (Å²) in [4.78, 5) is 0. The van der Waals surface area contributed by atoms with Crippen molar-refractivity contribution in [1.82, 2.24) is 0 Å². The topological polar surface area (TPSA) is 0 Å². The fourth-order valence-electron chi connectivity index (χ4n) is 16.0. The van der Waals surface area contributed by atoms with Gasteiger partial charge in [-0.3, -0.25) is 0 Å². The number of aryl methyl sites for hydroxylation is 6. The van der Waals surface area contributed by atoms with Crippen molar-refractivity contribution in [3.8, 4) is 11.1 Å². The molecule has 4 aliphatic rings. The lowest BCUT2D eigenvalue weighted by Crippen LogP contribution is -2.74. The highest BCUT2D eigenvalue weighted by Crippen LogP contribution is 2.66. The van der Waals surface area contributed by atoms with Gasteiger partial charge in [-0.05, 0) is 169 Å². The van der Waals surface area contributed by atoms with Crippen molar-refractivity contribution < 1.29 is 0 Å². The Balaban J connectivity index is 0.839. The van der Waals surface area contributed by atoms with Crippen molar-refractivity contribution in [3.63, 3.8) is 0 Å². The number of hydrogen-bond acceptors (Lipinski definition) is 1. The maximum atomic E-state index is 2.58. The van der Waals surface area contributed by atoms with Crippen LogP contribution in [0, 0.1) is 53.4 Å². The second-order valence-corrected chi connectivity index (χ2v) is 28.0. The lowest BCUT2D eigenvalue weighted by Gasteiger charge is -2.63. The summed E-state index contributed by atoms with van der Waals surface area (Å²) in [6, 6.07) is 78.5. The number of rotatable bonds is 10. The summed E-state index contributed by atoms with van der Waals surface area (Å²) < 4.78 is 2.71. The van der Waals surface area contributed by atoms with Crippen LogP contribution in [0.5, 0.6) is 0 Å². The number of thiophene rings is 1. The summed E-state index contributed by atoms with van der Waals surface area (Å²) in [6.45, 7) is 13.9. The minimum atomic E-state index is -2.58. The zero-order valence-corrected chi connectivity index (χ0v) is 45.3. The van der Waals surface area contributed by atoms with Gasteiger partial charge in [-0.15, -0.1) is 11.3 Å². The van der Waals surface area contributed by atoms with Gasteiger partial charge in [0.25, 0.3) is 0 Å². The molecule has 0 saturated heterocycles. The van der Waals surface area contributed by atoms with E-state index in [9.17, 15) is 0 Å². The number of hydrogen-bond donors (Lipinski definition) is 0. The second-order valence-electron chi connectivity index (χ2n) is 23.2. The van der Waals surface area contributed by atoms with Crippen LogP contribution in [-0.2, 0) is 10.8 Å². The lowest BCUT2D eigenvalue weighted by atomic mass is 9.34. The molecule has 0 N–H and O–H groups in total. The van der Waals surface area contributed by atoms with Crippen molar-refractivity contribution in [2.24, 2.45) is 11.8 Å². The van der Waals surface area contributed by atoms with Crippen LogP contribution in [0.4, 0.5) is 0 Å². The predicted octanol–water partition coefficient (Wildman–Crippen LogP) is 13.3. The molecule has 4 aliphatic carbocycles. The van der Waals surface area contributed by atoms with Crippen molar-refractivity contribution in [3.05, 3.63) is 245 Å². The van der Waals surface area contributed by atoms with E-state index in [0.29, 0.717) is 0 Å². The number of benzene rings is 9. The average Bonchev–Trinajstić information content (AvgIpc) is 3.76. The maximum Gasteiger partial charge on any atom is 0.242 e. The van der Waals surface area contributed by atoms with Gasteiger partial charge in [-0.25, -0.2) is 0 Å². The van der Waals surface area contributed by atoms with Gasteiger partial charge in [0.05, 0.1) is 0 Å². The van der Waals surface area contributed by atoms with E-state index in [0.717, 1.165) is 11.8 Å². The molecule has 0 amide bonds. The minimum Gasteiger partial charge on any atom is -0.135 e. The van der Waals surface area contributed by atoms with E-state index in [1.54, 1.807) is 11.1 Å². The van der Waals surface area contributed by atoms with Crippen LogP contribution in [0.2, 0.25) is 0 Å². The molecule has 0 spiro atoms. The molecule has 9 aromatic carbocycles. The third-order valence-electron chi connectivity index (χ3n) is 18.3. The molecular formula is C70H65BSSi. The van der Waals surface area contributed by atoms with Gasteiger partial charge < -0.3 is 0 Å². The first-order valence-corrected chi connectivity index (χ1v) is 29.8. The molecule has 358 valence electrons. The van der Waals surface area contributed by atoms with E-state index in [1.807, 2.05) is 11.3 Å². The SMILES string of the molecule is Cc1cc(C)c(B(c2ccc3sc4ccc(-c5ccc(C67CC8CC(C6)CC(c6ccc([Si](c9ccccc9)(c9ccccc9)c9ccccc9)cc6)(C8)C7)cc5)cc4c3c2)c2c(C)cc(C)cc2C)c(C)c1. The minimum absolute atomic E-state index is 0.152. The molecule has 73 heavy (non-hydrogen) atoms. The van der Waals surface area contributed by atoms with Gasteiger partial charge in [0.2, 0.25) is 6.71 Å². The van der Waals surface area contributed by atoms with Gasteiger partial charge in [0, 0.05) is 14.8 Å². The van der Waals surface area contributed by atoms with Crippen molar-refractivity contribution >= 4 is 83.4 Å². The molecule has 0 radical (unpaired) electrons. The summed E-state index contributed by atoms with van der Waals surface area (Å²) >= 11 is 1.93. The zero-order valence-electron chi connectivity index (χ0n) is 43.4. The quantitative estimate of drug-likeness (QED) is 0.0946. The van der Waals surface area contributed by atoms with Crippen LogP contribution in [0.3, 0.4) is 0 Å². The predicted molar refractivity (Wildman–Crippen MR) is 319 cm³/mol. The van der Waals surface area contributed by atoms with Gasteiger partial charge in [0.1, 0.15) is 0 Å². The Morgan fingerprint density at radius 2 is 0.808 bits per heavy atom. The van der Waals surface area contributed by atoms with E-state index < -0.39 is 8.07 Å². The highest BCUT2D eigenvalue weighted by Gasteiger charge is 2.58. The van der Waals surface area contributed by atoms with Crippen LogP contribution < -0.4 is 37.1 Å². The Bertz CT molecular complexity index is 3490. The van der Waals surface area contributed by atoms with Crippen LogP contribution >= 0.6 is 11.3 Å². The number of fused-ring (bicyclic) bond motifs is 3. The molecule has 4 fully saturated rings. The third-order valence-corrected chi connectivity index (χ3v) is 24.3.